The lowest BCUT2D eigenvalue weighted by Crippen LogP contribution is -1.92. The number of hydrogen-bond acceptors (Lipinski definition) is 2. The summed E-state index contributed by atoms with van der Waals surface area (Å²) in [7, 11) is 0. The second kappa shape index (κ2) is 3.89. The van der Waals surface area contributed by atoms with Crippen molar-refractivity contribution in [1.82, 2.24) is 4.98 Å². The van der Waals surface area contributed by atoms with Crippen molar-refractivity contribution in [2.45, 2.75) is 26.7 Å². The van der Waals surface area contributed by atoms with Gasteiger partial charge in [0.05, 0.1) is 6.20 Å². The number of aryl methyl sites for hydroxylation is 1. The fraction of sp³-hybridized carbons (Fsp3) is 0.308. The Balaban J connectivity index is 2.42. The highest BCUT2D eigenvalue weighted by atomic mass is 16.3. The second-order valence-electron chi connectivity index (χ2n) is 4.06. The van der Waals surface area contributed by atoms with E-state index in [9.17, 15) is 0 Å². The molecule has 0 N–H and O–H groups in total. The van der Waals surface area contributed by atoms with Gasteiger partial charge in [-0.2, -0.15) is 0 Å². The van der Waals surface area contributed by atoms with Crippen molar-refractivity contribution in [2.75, 3.05) is 0 Å². The van der Waals surface area contributed by atoms with Gasteiger partial charge in [0.25, 0.3) is 0 Å². The number of oxazole rings is 1. The van der Waals surface area contributed by atoms with E-state index in [4.69, 9.17) is 4.42 Å². The second-order valence-corrected chi connectivity index (χ2v) is 4.06. The Bertz CT molecular complexity index is 444. The molecule has 1 heterocycles. The molecule has 2 nitrogen and oxygen atoms in total. The minimum atomic E-state index is 0.559. The van der Waals surface area contributed by atoms with Crippen molar-refractivity contribution in [3.63, 3.8) is 0 Å². The maximum absolute atomic E-state index is 5.26. The summed E-state index contributed by atoms with van der Waals surface area (Å²) in [5, 5.41) is 0. The Morgan fingerprint density at radius 3 is 2.60 bits per heavy atom. The van der Waals surface area contributed by atoms with Crippen molar-refractivity contribution in [1.29, 1.82) is 0 Å². The van der Waals surface area contributed by atoms with E-state index >= 15 is 0 Å². The van der Waals surface area contributed by atoms with Gasteiger partial charge in [0.2, 0.25) is 5.89 Å². The predicted octanol–water partition coefficient (Wildman–Crippen LogP) is 3.77. The molecule has 0 saturated carbocycles. The van der Waals surface area contributed by atoms with Crippen LogP contribution in [0, 0.1) is 6.92 Å². The largest absolute Gasteiger partial charge is 0.445 e. The Morgan fingerprint density at radius 1 is 1.27 bits per heavy atom. The summed E-state index contributed by atoms with van der Waals surface area (Å²) in [6, 6.07) is 6.34. The fourth-order valence-electron chi connectivity index (χ4n) is 1.82. The van der Waals surface area contributed by atoms with E-state index in [0.717, 1.165) is 5.56 Å². The van der Waals surface area contributed by atoms with E-state index in [2.05, 4.69) is 44.0 Å². The lowest BCUT2D eigenvalue weighted by molar-refractivity contribution is 0.574. The molecular formula is C13H15NO. The van der Waals surface area contributed by atoms with Crippen molar-refractivity contribution in [3.8, 4) is 11.5 Å². The van der Waals surface area contributed by atoms with Crippen LogP contribution in [0.25, 0.3) is 11.5 Å². The molecule has 2 heteroatoms. The standard InChI is InChI=1S/C13H15NO/c1-9(2)12-5-4-11(8-10(12)3)13-14-6-7-15-13/h4-9H,1-3H3. The van der Waals surface area contributed by atoms with Gasteiger partial charge in [-0.3, -0.25) is 0 Å². The molecule has 2 rings (SSSR count). The third kappa shape index (κ3) is 1.94. The van der Waals surface area contributed by atoms with Crippen LogP contribution >= 0.6 is 0 Å². The van der Waals surface area contributed by atoms with E-state index in [0.29, 0.717) is 11.8 Å². The Hall–Kier alpha value is -1.57. The fourth-order valence-corrected chi connectivity index (χ4v) is 1.82. The van der Waals surface area contributed by atoms with Gasteiger partial charge in [-0.1, -0.05) is 19.9 Å². The van der Waals surface area contributed by atoms with E-state index in [1.807, 2.05) is 0 Å². The molecule has 0 aliphatic carbocycles. The normalized spacial score (nSPS) is 10.9. The highest BCUT2D eigenvalue weighted by Crippen LogP contribution is 2.24. The number of nitrogens with zero attached hydrogens (tertiary/aromatic N) is 1. The van der Waals surface area contributed by atoms with Crippen molar-refractivity contribution in [2.24, 2.45) is 0 Å². The van der Waals surface area contributed by atoms with Crippen molar-refractivity contribution >= 4 is 0 Å². The zero-order chi connectivity index (χ0) is 10.8. The smallest absolute Gasteiger partial charge is 0.225 e. The molecular weight excluding hydrogens is 186 g/mol. The van der Waals surface area contributed by atoms with E-state index < -0.39 is 0 Å². The number of aromatic nitrogens is 1. The minimum Gasteiger partial charge on any atom is -0.445 e. The van der Waals surface area contributed by atoms with Crippen LogP contribution in [0.5, 0.6) is 0 Å². The highest BCUT2D eigenvalue weighted by Gasteiger charge is 2.07. The molecule has 0 amide bonds. The first-order chi connectivity index (χ1) is 7.18. The molecule has 0 saturated heterocycles. The number of rotatable bonds is 2. The first-order valence-electron chi connectivity index (χ1n) is 5.19. The summed E-state index contributed by atoms with van der Waals surface area (Å²) in [6.07, 6.45) is 3.27. The topological polar surface area (TPSA) is 26.0 Å². The molecule has 0 radical (unpaired) electrons. The Labute approximate surface area is 90.0 Å². The summed E-state index contributed by atoms with van der Waals surface area (Å²) in [5.74, 6) is 1.25. The van der Waals surface area contributed by atoms with E-state index in [-0.39, 0.29) is 0 Å². The lowest BCUT2D eigenvalue weighted by Gasteiger charge is -2.09. The molecule has 1 aromatic carbocycles. The molecule has 0 unspecified atom stereocenters. The average Bonchev–Trinajstić information content (AvgIpc) is 2.69. The summed E-state index contributed by atoms with van der Waals surface area (Å²) in [6.45, 7) is 6.53. The highest BCUT2D eigenvalue weighted by molar-refractivity contribution is 5.55. The average molecular weight is 201 g/mol. The minimum absolute atomic E-state index is 0.559. The van der Waals surface area contributed by atoms with Crippen LogP contribution in [0.2, 0.25) is 0 Å². The molecule has 0 spiro atoms. The van der Waals surface area contributed by atoms with Gasteiger partial charge in [-0.05, 0) is 36.1 Å². The maximum Gasteiger partial charge on any atom is 0.225 e. The third-order valence-corrected chi connectivity index (χ3v) is 2.57. The van der Waals surface area contributed by atoms with Crippen LogP contribution in [-0.2, 0) is 0 Å². The Morgan fingerprint density at radius 2 is 2.07 bits per heavy atom. The molecule has 0 aliphatic rings. The molecule has 0 aliphatic heterocycles. The lowest BCUT2D eigenvalue weighted by atomic mass is 9.96. The monoisotopic (exact) mass is 201 g/mol. The van der Waals surface area contributed by atoms with Gasteiger partial charge in [0, 0.05) is 5.56 Å². The van der Waals surface area contributed by atoms with Gasteiger partial charge >= 0.3 is 0 Å². The molecule has 2 aromatic rings. The third-order valence-electron chi connectivity index (χ3n) is 2.57. The maximum atomic E-state index is 5.26. The van der Waals surface area contributed by atoms with Crippen LogP contribution in [0.1, 0.15) is 30.9 Å². The van der Waals surface area contributed by atoms with Crippen molar-refractivity contribution in [3.05, 3.63) is 41.8 Å². The van der Waals surface area contributed by atoms with Crippen LogP contribution in [0.3, 0.4) is 0 Å². The number of benzene rings is 1. The molecule has 15 heavy (non-hydrogen) atoms. The quantitative estimate of drug-likeness (QED) is 0.739. The van der Waals surface area contributed by atoms with Crippen LogP contribution in [-0.4, -0.2) is 4.98 Å². The van der Waals surface area contributed by atoms with Gasteiger partial charge in [0.1, 0.15) is 6.26 Å². The van der Waals surface area contributed by atoms with Gasteiger partial charge < -0.3 is 4.42 Å². The first-order valence-corrected chi connectivity index (χ1v) is 5.19. The summed E-state index contributed by atoms with van der Waals surface area (Å²) in [4.78, 5) is 4.14. The van der Waals surface area contributed by atoms with Gasteiger partial charge in [0.15, 0.2) is 0 Å². The summed E-state index contributed by atoms with van der Waals surface area (Å²) < 4.78 is 5.26. The molecule has 0 atom stereocenters. The van der Waals surface area contributed by atoms with Crippen molar-refractivity contribution < 1.29 is 4.42 Å². The first kappa shape index (κ1) is 9.97. The number of hydrogen-bond donors (Lipinski definition) is 0. The molecule has 1 aromatic heterocycles. The van der Waals surface area contributed by atoms with Crippen LogP contribution in [0.4, 0.5) is 0 Å². The van der Waals surface area contributed by atoms with Crippen LogP contribution < -0.4 is 0 Å². The zero-order valence-corrected chi connectivity index (χ0v) is 9.32. The van der Waals surface area contributed by atoms with Gasteiger partial charge in [-0.25, -0.2) is 4.98 Å². The van der Waals surface area contributed by atoms with E-state index in [1.165, 1.54) is 11.1 Å². The summed E-state index contributed by atoms with van der Waals surface area (Å²) >= 11 is 0. The molecule has 0 fully saturated rings. The SMILES string of the molecule is Cc1cc(-c2ncco2)ccc1C(C)C. The predicted molar refractivity (Wildman–Crippen MR) is 60.8 cm³/mol. The molecule has 0 bridgehead atoms. The molecule has 78 valence electrons. The summed E-state index contributed by atoms with van der Waals surface area (Å²) in [5.41, 5.74) is 3.72. The van der Waals surface area contributed by atoms with E-state index in [1.54, 1.807) is 12.5 Å². The van der Waals surface area contributed by atoms with Gasteiger partial charge in [-0.15, -0.1) is 0 Å². The van der Waals surface area contributed by atoms with Crippen LogP contribution in [0.15, 0.2) is 35.1 Å². The zero-order valence-electron chi connectivity index (χ0n) is 9.32. The Kier molecular flexibility index (Phi) is 2.58.